The van der Waals surface area contributed by atoms with Gasteiger partial charge in [0.2, 0.25) is 0 Å². The number of ether oxygens (including phenoxy) is 2. The van der Waals surface area contributed by atoms with Crippen LogP contribution in [0.4, 0.5) is 13.2 Å². The van der Waals surface area contributed by atoms with Crippen LogP contribution in [0, 0.1) is 5.41 Å². The topological polar surface area (TPSA) is 68.3 Å². The van der Waals surface area contributed by atoms with E-state index < -0.39 is 6.36 Å². The highest BCUT2D eigenvalue weighted by atomic mass is 19.4. The molecule has 1 rings (SSSR count). The Kier molecular flexibility index (Phi) is 4.82. The van der Waals surface area contributed by atoms with Crippen molar-refractivity contribution < 1.29 is 22.6 Å². The van der Waals surface area contributed by atoms with E-state index in [1.165, 1.54) is 24.3 Å². The summed E-state index contributed by atoms with van der Waals surface area (Å²) in [6, 6.07) is 5.12. The number of nitrogens with one attached hydrogen (secondary N) is 1. The molecular formula is C11H13F3N2O2. The minimum absolute atomic E-state index is 0.0764. The zero-order chi connectivity index (χ0) is 13.6. The maximum Gasteiger partial charge on any atom is 0.573 e. The van der Waals surface area contributed by atoms with E-state index in [1.807, 2.05) is 0 Å². The monoisotopic (exact) mass is 262 g/mol. The van der Waals surface area contributed by atoms with E-state index in [9.17, 15) is 13.2 Å². The molecule has 0 heterocycles. The maximum atomic E-state index is 11.9. The highest BCUT2D eigenvalue weighted by molar-refractivity contribution is 5.76. The van der Waals surface area contributed by atoms with E-state index in [0.717, 1.165) is 0 Å². The summed E-state index contributed by atoms with van der Waals surface area (Å²) in [4.78, 5) is 0. The number of halogens is 3. The zero-order valence-electron chi connectivity index (χ0n) is 9.46. The lowest BCUT2D eigenvalue weighted by Gasteiger charge is -2.10. The van der Waals surface area contributed by atoms with E-state index in [-0.39, 0.29) is 11.6 Å². The van der Waals surface area contributed by atoms with Crippen molar-refractivity contribution in [3.05, 3.63) is 24.3 Å². The van der Waals surface area contributed by atoms with Crippen LogP contribution in [0.25, 0.3) is 0 Å². The smallest absolute Gasteiger partial charge is 0.494 e. The third kappa shape index (κ3) is 5.97. The zero-order valence-corrected chi connectivity index (χ0v) is 9.46. The first-order valence-electron chi connectivity index (χ1n) is 5.18. The summed E-state index contributed by atoms with van der Waals surface area (Å²) in [5.74, 6) is 0.221. The number of nitrogens with two attached hydrogens (primary N) is 1. The number of benzene rings is 1. The van der Waals surface area contributed by atoms with Crippen molar-refractivity contribution in [1.29, 1.82) is 5.41 Å². The second-order valence-corrected chi connectivity index (χ2v) is 3.50. The Morgan fingerprint density at radius 3 is 2.22 bits per heavy atom. The SMILES string of the molecule is N=C(N)CCCOc1ccc(OC(F)(F)F)cc1. The Labute approximate surface area is 102 Å². The van der Waals surface area contributed by atoms with Gasteiger partial charge in [-0.05, 0) is 30.7 Å². The van der Waals surface area contributed by atoms with Crippen LogP contribution in [0.1, 0.15) is 12.8 Å². The van der Waals surface area contributed by atoms with Crippen molar-refractivity contribution in [1.82, 2.24) is 0 Å². The van der Waals surface area contributed by atoms with E-state index >= 15 is 0 Å². The molecule has 1 aromatic rings. The van der Waals surface area contributed by atoms with Crippen molar-refractivity contribution in [3.63, 3.8) is 0 Å². The Bertz CT molecular complexity index is 390. The van der Waals surface area contributed by atoms with Gasteiger partial charge < -0.3 is 15.2 Å². The summed E-state index contributed by atoms with van der Waals surface area (Å²) in [7, 11) is 0. The van der Waals surface area contributed by atoms with E-state index in [2.05, 4.69) is 4.74 Å². The molecule has 0 aliphatic rings. The van der Waals surface area contributed by atoms with Gasteiger partial charge in [-0.2, -0.15) is 0 Å². The lowest BCUT2D eigenvalue weighted by molar-refractivity contribution is -0.274. The predicted molar refractivity (Wildman–Crippen MR) is 59.8 cm³/mol. The van der Waals surface area contributed by atoms with Gasteiger partial charge in [-0.1, -0.05) is 0 Å². The van der Waals surface area contributed by atoms with Gasteiger partial charge in [0.25, 0.3) is 0 Å². The second kappa shape index (κ2) is 6.13. The normalized spacial score (nSPS) is 11.1. The second-order valence-electron chi connectivity index (χ2n) is 3.50. The molecule has 0 saturated carbocycles. The molecule has 1 aromatic carbocycles. The van der Waals surface area contributed by atoms with E-state index in [4.69, 9.17) is 15.9 Å². The third-order valence-corrected chi connectivity index (χ3v) is 1.92. The lowest BCUT2D eigenvalue weighted by atomic mass is 10.3. The molecule has 0 spiro atoms. The Hall–Kier alpha value is -1.92. The van der Waals surface area contributed by atoms with Gasteiger partial charge in [-0.25, -0.2) is 0 Å². The molecule has 18 heavy (non-hydrogen) atoms. The number of alkyl halides is 3. The highest BCUT2D eigenvalue weighted by Gasteiger charge is 2.30. The van der Waals surface area contributed by atoms with Crippen molar-refractivity contribution in [2.24, 2.45) is 5.73 Å². The third-order valence-electron chi connectivity index (χ3n) is 1.92. The van der Waals surface area contributed by atoms with Crippen LogP contribution in [0.5, 0.6) is 11.5 Å². The first kappa shape index (κ1) is 14.1. The summed E-state index contributed by atoms with van der Waals surface area (Å²) in [6.07, 6.45) is -3.69. The van der Waals surface area contributed by atoms with Crippen molar-refractivity contribution in [3.8, 4) is 11.5 Å². The fourth-order valence-corrected chi connectivity index (χ4v) is 1.19. The first-order chi connectivity index (χ1) is 8.37. The van der Waals surface area contributed by atoms with Crippen molar-refractivity contribution >= 4 is 5.84 Å². The molecule has 0 bridgehead atoms. The minimum atomic E-state index is -4.69. The standard InChI is InChI=1S/C11H13F3N2O2/c12-11(13,14)18-9-5-3-8(4-6-9)17-7-1-2-10(15)16/h3-6H,1-2,7H2,(H3,15,16). The average Bonchev–Trinajstić information content (AvgIpc) is 2.24. The predicted octanol–water partition coefficient (Wildman–Crippen LogP) is 2.68. The molecule has 0 fully saturated rings. The lowest BCUT2D eigenvalue weighted by Crippen LogP contribution is -2.17. The average molecular weight is 262 g/mol. The number of amidine groups is 1. The fraction of sp³-hybridized carbons (Fsp3) is 0.364. The Morgan fingerprint density at radius 1 is 1.17 bits per heavy atom. The molecule has 0 aromatic heterocycles. The molecule has 0 atom stereocenters. The number of hydrogen-bond donors (Lipinski definition) is 2. The van der Waals surface area contributed by atoms with Gasteiger partial charge in [-0.3, -0.25) is 5.41 Å². The molecule has 100 valence electrons. The van der Waals surface area contributed by atoms with Crippen LogP contribution < -0.4 is 15.2 Å². The molecule has 0 aliphatic heterocycles. The number of rotatable bonds is 6. The molecule has 0 unspecified atom stereocenters. The van der Waals surface area contributed by atoms with E-state index in [1.54, 1.807) is 0 Å². The van der Waals surface area contributed by atoms with Gasteiger partial charge >= 0.3 is 6.36 Å². The molecule has 3 N–H and O–H groups in total. The molecular weight excluding hydrogens is 249 g/mol. The van der Waals surface area contributed by atoms with Crippen molar-refractivity contribution in [2.75, 3.05) is 6.61 Å². The summed E-state index contributed by atoms with van der Waals surface area (Å²) >= 11 is 0. The number of hydrogen-bond acceptors (Lipinski definition) is 3. The quantitative estimate of drug-likeness (QED) is 0.470. The molecule has 4 nitrogen and oxygen atoms in total. The summed E-state index contributed by atoms with van der Waals surface area (Å²) < 4.78 is 44.6. The first-order valence-corrected chi connectivity index (χ1v) is 5.18. The summed E-state index contributed by atoms with van der Waals surface area (Å²) in [6.45, 7) is 0.346. The Morgan fingerprint density at radius 2 is 1.72 bits per heavy atom. The highest BCUT2D eigenvalue weighted by Crippen LogP contribution is 2.24. The van der Waals surface area contributed by atoms with Crippen LogP contribution in [-0.4, -0.2) is 18.8 Å². The largest absolute Gasteiger partial charge is 0.573 e. The molecule has 0 amide bonds. The molecule has 0 aliphatic carbocycles. The van der Waals surface area contributed by atoms with Crippen LogP contribution >= 0.6 is 0 Å². The van der Waals surface area contributed by atoms with Gasteiger partial charge in [0.15, 0.2) is 0 Å². The Balaban J connectivity index is 2.38. The van der Waals surface area contributed by atoms with Crippen LogP contribution in [0.3, 0.4) is 0 Å². The summed E-state index contributed by atoms with van der Waals surface area (Å²) in [5, 5.41) is 6.99. The van der Waals surface area contributed by atoms with Crippen LogP contribution in [0.15, 0.2) is 24.3 Å². The van der Waals surface area contributed by atoms with Crippen LogP contribution in [0.2, 0.25) is 0 Å². The summed E-state index contributed by atoms with van der Waals surface area (Å²) in [5.41, 5.74) is 5.16. The van der Waals surface area contributed by atoms with Crippen LogP contribution in [-0.2, 0) is 0 Å². The minimum Gasteiger partial charge on any atom is -0.494 e. The van der Waals surface area contributed by atoms with Gasteiger partial charge in [0.1, 0.15) is 11.5 Å². The molecule has 0 saturated heterocycles. The van der Waals surface area contributed by atoms with Crippen molar-refractivity contribution in [2.45, 2.75) is 19.2 Å². The van der Waals surface area contributed by atoms with E-state index in [0.29, 0.717) is 25.2 Å². The molecule has 7 heteroatoms. The van der Waals surface area contributed by atoms with Gasteiger partial charge in [-0.15, -0.1) is 13.2 Å². The van der Waals surface area contributed by atoms with Gasteiger partial charge in [0.05, 0.1) is 12.4 Å². The molecule has 0 radical (unpaired) electrons. The fourth-order valence-electron chi connectivity index (χ4n) is 1.19. The maximum absolute atomic E-state index is 11.9. The van der Waals surface area contributed by atoms with Gasteiger partial charge in [0, 0.05) is 6.42 Å².